The Labute approximate surface area is 133 Å². The van der Waals surface area contributed by atoms with Crippen LogP contribution in [0.4, 0.5) is 0 Å². The molecule has 0 N–H and O–H groups in total. The molecule has 114 valence electrons. The highest BCUT2D eigenvalue weighted by molar-refractivity contribution is 6.32. The number of hydrogen-bond donors (Lipinski definition) is 0. The topological polar surface area (TPSA) is 44.8 Å². The third-order valence-electron chi connectivity index (χ3n) is 3.32. The molecule has 1 aliphatic rings. The Kier molecular flexibility index (Phi) is 4.20. The van der Waals surface area contributed by atoms with E-state index in [1.807, 2.05) is 6.07 Å². The summed E-state index contributed by atoms with van der Waals surface area (Å²) in [6, 6.07) is 10.7. The van der Waals surface area contributed by atoms with E-state index < -0.39 is 0 Å². The van der Waals surface area contributed by atoms with Crippen LogP contribution in [0.5, 0.6) is 17.2 Å². The fraction of sp³-hybridized carbons (Fsp3) is 0.235. The molecule has 1 aliphatic heterocycles. The molecule has 0 aliphatic carbocycles. The van der Waals surface area contributed by atoms with E-state index in [4.69, 9.17) is 25.8 Å². The molecule has 0 saturated heterocycles. The lowest BCUT2D eigenvalue weighted by Crippen LogP contribution is -2.16. The minimum Gasteiger partial charge on any atom is -0.489 e. The van der Waals surface area contributed by atoms with Crippen molar-refractivity contribution in [2.75, 3.05) is 13.2 Å². The first-order chi connectivity index (χ1) is 10.6. The van der Waals surface area contributed by atoms with Gasteiger partial charge >= 0.3 is 0 Å². The van der Waals surface area contributed by atoms with E-state index in [0.717, 1.165) is 5.56 Å². The summed E-state index contributed by atoms with van der Waals surface area (Å²) in [5.41, 5.74) is 1.56. The number of benzene rings is 2. The van der Waals surface area contributed by atoms with Crippen molar-refractivity contribution in [1.82, 2.24) is 0 Å². The average Bonchev–Trinajstić information content (AvgIpc) is 2.53. The zero-order valence-corrected chi connectivity index (χ0v) is 12.9. The zero-order valence-electron chi connectivity index (χ0n) is 12.1. The van der Waals surface area contributed by atoms with E-state index in [0.29, 0.717) is 47.7 Å². The van der Waals surface area contributed by atoms with Gasteiger partial charge in [0.25, 0.3) is 0 Å². The van der Waals surface area contributed by atoms with Gasteiger partial charge in [-0.05, 0) is 48.9 Å². The van der Waals surface area contributed by atoms with Gasteiger partial charge in [0.05, 0.1) is 5.02 Å². The molecule has 0 amide bonds. The van der Waals surface area contributed by atoms with E-state index in [9.17, 15) is 4.79 Å². The van der Waals surface area contributed by atoms with Gasteiger partial charge in [-0.15, -0.1) is 0 Å². The first-order valence-electron chi connectivity index (χ1n) is 6.95. The van der Waals surface area contributed by atoms with Crippen LogP contribution < -0.4 is 14.2 Å². The molecular weight excluding hydrogens is 304 g/mol. The van der Waals surface area contributed by atoms with Gasteiger partial charge < -0.3 is 14.2 Å². The van der Waals surface area contributed by atoms with E-state index in [2.05, 4.69) is 0 Å². The molecule has 4 nitrogen and oxygen atoms in total. The maximum absolute atomic E-state index is 11.2. The van der Waals surface area contributed by atoms with Crippen molar-refractivity contribution in [3.05, 3.63) is 52.5 Å². The number of hydrogen-bond acceptors (Lipinski definition) is 4. The molecule has 0 saturated carbocycles. The van der Waals surface area contributed by atoms with Crippen LogP contribution in [-0.4, -0.2) is 19.0 Å². The molecule has 0 fully saturated rings. The smallest absolute Gasteiger partial charge is 0.179 e. The van der Waals surface area contributed by atoms with Crippen molar-refractivity contribution in [3.8, 4) is 17.2 Å². The molecule has 0 unspecified atom stereocenters. The normalized spacial score (nSPS) is 12.8. The molecule has 0 bridgehead atoms. The van der Waals surface area contributed by atoms with Crippen LogP contribution in [-0.2, 0) is 6.61 Å². The van der Waals surface area contributed by atoms with Crippen molar-refractivity contribution < 1.29 is 19.0 Å². The summed E-state index contributed by atoms with van der Waals surface area (Å²) in [7, 11) is 0. The zero-order chi connectivity index (χ0) is 15.5. The quantitative estimate of drug-likeness (QED) is 0.802. The first-order valence-corrected chi connectivity index (χ1v) is 7.33. The van der Waals surface area contributed by atoms with Gasteiger partial charge in [-0.25, -0.2) is 0 Å². The van der Waals surface area contributed by atoms with Crippen LogP contribution in [0.1, 0.15) is 22.8 Å². The van der Waals surface area contributed by atoms with Gasteiger partial charge in [0.2, 0.25) is 0 Å². The van der Waals surface area contributed by atoms with E-state index in [1.165, 1.54) is 6.92 Å². The van der Waals surface area contributed by atoms with Crippen LogP contribution >= 0.6 is 11.6 Å². The van der Waals surface area contributed by atoms with E-state index >= 15 is 0 Å². The SMILES string of the molecule is CC(=O)c1ccc(OCc2cc(Cl)c3c(c2)OCCO3)cc1. The van der Waals surface area contributed by atoms with Gasteiger partial charge in [0.1, 0.15) is 25.6 Å². The largest absolute Gasteiger partial charge is 0.489 e. The standard InChI is InChI=1S/C17H15ClO4/c1-11(19)13-2-4-14(5-3-13)22-10-12-8-15(18)17-16(9-12)20-6-7-21-17/h2-5,8-9H,6-7,10H2,1H3. The molecule has 3 rings (SSSR count). The first kappa shape index (κ1) is 14.7. The molecule has 0 radical (unpaired) electrons. The van der Waals surface area contributed by atoms with Gasteiger partial charge in [0, 0.05) is 5.56 Å². The Hall–Kier alpha value is -2.20. The second-order valence-corrected chi connectivity index (χ2v) is 5.38. The molecular formula is C17H15ClO4. The van der Waals surface area contributed by atoms with E-state index in [1.54, 1.807) is 30.3 Å². The minimum atomic E-state index is 0.0326. The summed E-state index contributed by atoms with van der Waals surface area (Å²) in [5, 5.41) is 0.516. The molecule has 22 heavy (non-hydrogen) atoms. The Balaban J connectivity index is 1.71. The van der Waals surface area contributed by atoms with Crippen molar-refractivity contribution in [2.45, 2.75) is 13.5 Å². The molecule has 0 atom stereocenters. The molecule has 2 aromatic carbocycles. The third kappa shape index (κ3) is 3.17. The number of ketones is 1. The lowest BCUT2D eigenvalue weighted by Gasteiger charge is -2.20. The predicted molar refractivity (Wildman–Crippen MR) is 83.2 cm³/mol. The maximum Gasteiger partial charge on any atom is 0.179 e. The van der Waals surface area contributed by atoms with Crippen LogP contribution in [0, 0.1) is 0 Å². The molecule has 2 aromatic rings. The third-order valence-corrected chi connectivity index (χ3v) is 3.60. The fourth-order valence-corrected chi connectivity index (χ4v) is 2.49. The van der Waals surface area contributed by atoms with Crippen LogP contribution in [0.3, 0.4) is 0 Å². The lowest BCUT2D eigenvalue weighted by atomic mass is 10.1. The van der Waals surface area contributed by atoms with Gasteiger partial charge in [0.15, 0.2) is 17.3 Å². The van der Waals surface area contributed by atoms with Crippen LogP contribution in [0.2, 0.25) is 5.02 Å². The van der Waals surface area contributed by atoms with Gasteiger partial charge in [-0.3, -0.25) is 4.79 Å². The monoisotopic (exact) mass is 318 g/mol. The maximum atomic E-state index is 11.2. The summed E-state index contributed by atoms with van der Waals surface area (Å²) < 4.78 is 16.7. The van der Waals surface area contributed by atoms with Crippen molar-refractivity contribution >= 4 is 17.4 Å². The summed E-state index contributed by atoms with van der Waals surface area (Å²) >= 11 is 6.19. The van der Waals surface area contributed by atoms with Gasteiger partial charge in [-0.1, -0.05) is 11.6 Å². The summed E-state index contributed by atoms with van der Waals surface area (Å²) in [6.07, 6.45) is 0. The highest BCUT2D eigenvalue weighted by Crippen LogP contribution is 2.38. The van der Waals surface area contributed by atoms with Crippen LogP contribution in [0.15, 0.2) is 36.4 Å². The summed E-state index contributed by atoms with van der Waals surface area (Å²) in [4.78, 5) is 11.2. The second-order valence-electron chi connectivity index (χ2n) is 4.97. The number of carbonyl (C=O) groups is 1. The number of fused-ring (bicyclic) bond motifs is 1. The molecule has 0 aromatic heterocycles. The summed E-state index contributed by atoms with van der Waals surface area (Å²) in [5.74, 6) is 1.95. The Bertz CT molecular complexity index is 695. The molecule has 5 heteroatoms. The number of Topliss-reactive ketones (excluding diaryl/α,β-unsaturated/α-hetero) is 1. The predicted octanol–water partition coefficient (Wildman–Crippen LogP) is 3.89. The number of rotatable bonds is 4. The number of ether oxygens (including phenoxy) is 3. The van der Waals surface area contributed by atoms with Gasteiger partial charge in [-0.2, -0.15) is 0 Å². The van der Waals surface area contributed by atoms with Crippen molar-refractivity contribution in [2.24, 2.45) is 0 Å². The average molecular weight is 319 g/mol. The van der Waals surface area contributed by atoms with Crippen molar-refractivity contribution in [1.29, 1.82) is 0 Å². The molecule has 0 spiro atoms. The second kappa shape index (κ2) is 6.28. The van der Waals surface area contributed by atoms with E-state index in [-0.39, 0.29) is 5.78 Å². The Morgan fingerprint density at radius 1 is 1.18 bits per heavy atom. The van der Waals surface area contributed by atoms with Crippen molar-refractivity contribution in [3.63, 3.8) is 0 Å². The lowest BCUT2D eigenvalue weighted by molar-refractivity contribution is 0.101. The fourth-order valence-electron chi connectivity index (χ4n) is 2.20. The Morgan fingerprint density at radius 2 is 1.91 bits per heavy atom. The molecule has 1 heterocycles. The number of halogens is 1. The minimum absolute atomic E-state index is 0.0326. The number of carbonyl (C=O) groups excluding carboxylic acids is 1. The summed E-state index contributed by atoms with van der Waals surface area (Å²) in [6.45, 7) is 2.91. The highest BCUT2D eigenvalue weighted by atomic mass is 35.5. The Morgan fingerprint density at radius 3 is 2.64 bits per heavy atom. The van der Waals surface area contributed by atoms with Crippen LogP contribution in [0.25, 0.3) is 0 Å². The highest BCUT2D eigenvalue weighted by Gasteiger charge is 2.16.